The average molecular weight is 400 g/mol. The van der Waals surface area contributed by atoms with Crippen molar-refractivity contribution in [1.29, 1.82) is 0 Å². The highest BCUT2D eigenvalue weighted by molar-refractivity contribution is 5.96. The molecule has 2 N–H and O–H groups in total. The number of benzene rings is 2. The number of amides is 2. The van der Waals surface area contributed by atoms with E-state index >= 15 is 0 Å². The lowest BCUT2D eigenvalue weighted by Gasteiger charge is -2.12. The Labute approximate surface area is 169 Å². The number of carbonyl (C=O) groups is 2. The first-order valence-electron chi connectivity index (χ1n) is 8.77. The fourth-order valence-electron chi connectivity index (χ4n) is 2.46. The van der Waals surface area contributed by atoms with Crippen molar-refractivity contribution >= 4 is 17.9 Å². The number of nitrogens with one attached hydrogen (secondary N) is 2. The van der Waals surface area contributed by atoms with Crippen molar-refractivity contribution in [2.75, 3.05) is 27.9 Å². The Hall–Kier alpha value is -3.68. The van der Waals surface area contributed by atoms with E-state index in [2.05, 4.69) is 10.9 Å². The van der Waals surface area contributed by atoms with E-state index in [0.717, 1.165) is 5.56 Å². The molecule has 0 aromatic heterocycles. The molecule has 0 spiro atoms. The highest BCUT2D eigenvalue weighted by Crippen LogP contribution is 2.29. The standard InChI is InChI=1S/C21H24N2O6/c1-5-6-14-7-9-17(18(11-14)27-3)29-13-20(24)22-23-21(25)15-8-10-16(26-2)19(12-15)28-4/h5-12H,13H2,1-4H3,(H,22,24)(H,23,25)/b6-5+. The van der Waals surface area contributed by atoms with Gasteiger partial charge in [-0.25, -0.2) is 0 Å². The predicted molar refractivity (Wildman–Crippen MR) is 108 cm³/mol. The van der Waals surface area contributed by atoms with E-state index in [-0.39, 0.29) is 6.61 Å². The fraction of sp³-hybridized carbons (Fsp3) is 0.238. The van der Waals surface area contributed by atoms with Gasteiger partial charge in [0.15, 0.2) is 29.6 Å². The van der Waals surface area contributed by atoms with Crippen LogP contribution in [0, 0.1) is 0 Å². The lowest BCUT2D eigenvalue weighted by molar-refractivity contribution is -0.123. The Bertz CT molecular complexity index is 895. The minimum Gasteiger partial charge on any atom is -0.493 e. The highest BCUT2D eigenvalue weighted by Gasteiger charge is 2.13. The van der Waals surface area contributed by atoms with Crippen LogP contribution in [-0.4, -0.2) is 39.8 Å². The highest BCUT2D eigenvalue weighted by atomic mass is 16.5. The molecule has 0 saturated carbocycles. The second-order valence-corrected chi connectivity index (χ2v) is 5.77. The van der Waals surface area contributed by atoms with Gasteiger partial charge in [0.05, 0.1) is 21.3 Å². The Morgan fingerprint density at radius 2 is 1.52 bits per heavy atom. The summed E-state index contributed by atoms with van der Waals surface area (Å²) in [7, 11) is 4.49. The summed E-state index contributed by atoms with van der Waals surface area (Å²) in [6.45, 7) is 1.61. The molecule has 154 valence electrons. The minimum atomic E-state index is -0.529. The van der Waals surface area contributed by atoms with E-state index in [1.807, 2.05) is 25.1 Å². The second-order valence-electron chi connectivity index (χ2n) is 5.77. The van der Waals surface area contributed by atoms with E-state index in [1.54, 1.807) is 24.3 Å². The normalized spacial score (nSPS) is 10.3. The monoisotopic (exact) mass is 400 g/mol. The van der Waals surface area contributed by atoms with Gasteiger partial charge < -0.3 is 18.9 Å². The second kappa shape index (κ2) is 10.6. The largest absolute Gasteiger partial charge is 0.493 e. The van der Waals surface area contributed by atoms with Crippen LogP contribution in [0.2, 0.25) is 0 Å². The number of ether oxygens (including phenoxy) is 4. The zero-order valence-corrected chi connectivity index (χ0v) is 16.8. The molecule has 0 heterocycles. The Morgan fingerprint density at radius 1 is 0.862 bits per heavy atom. The van der Waals surface area contributed by atoms with Crippen molar-refractivity contribution in [1.82, 2.24) is 10.9 Å². The van der Waals surface area contributed by atoms with Crippen molar-refractivity contribution in [3.05, 3.63) is 53.6 Å². The molecule has 0 bridgehead atoms. The quantitative estimate of drug-likeness (QED) is 0.662. The smallest absolute Gasteiger partial charge is 0.276 e. The first-order valence-corrected chi connectivity index (χ1v) is 8.77. The first-order chi connectivity index (χ1) is 14.0. The SMILES string of the molecule is C/C=C/c1ccc(OCC(=O)NNC(=O)c2ccc(OC)c(OC)c2)c(OC)c1. The molecular formula is C21H24N2O6. The maximum absolute atomic E-state index is 12.2. The van der Waals surface area contributed by atoms with Crippen LogP contribution < -0.4 is 29.8 Å². The fourth-order valence-corrected chi connectivity index (χ4v) is 2.46. The van der Waals surface area contributed by atoms with E-state index in [1.165, 1.54) is 27.4 Å². The molecule has 2 amide bonds. The van der Waals surface area contributed by atoms with Gasteiger partial charge in [0, 0.05) is 5.56 Å². The van der Waals surface area contributed by atoms with E-state index < -0.39 is 11.8 Å². The summed E-state index contributed by atoms with van der Waals surface area (Å²) in [6.07, 6.45) is 3.83. The summed E-state index contributed by atoms with van der Waals surface area (Å²) in [6, 6.07) is 10.0. The van der Waals surface area contributed by atoms with Gasteiger partial charge in [-0.2, -0.15) is 0 Å². The van der Waals surface area contributed by atoms with Gasteiger partial charge in [-0.15, -0.1) is 0 Å². The zero-order valence-electron chi connectivity index (χ0n) is 16.8. The molecule has 0 unspecified atom stereocenters. The molecule has 2 aromatic rings. The summed E-state index contributed by atoms with van der Waals surface area (Å²) in [5.74, 6) is 0.787. The van der Waals surface area contributed by atoms with Gasteiger partial charge in [-0.3, -0.25) is 20.4 Å². The zero-order chi connectivity index (χ0) is 21.2. The van der Waals surface area contributed by atoms with Crippen molar-refractivity contribution in [2.24, 2.45) is 0 Å². The van der Waals surface area contributed by atoms with Gasteiger partial charge >= 0.3 is 0 Å². The number of rotatable bonds is 8. The summed E-state index contributed by atoms with van der Waals surface area (Å²) in [5.41, 5.74) is 5.87. The van der Waals surface area contributed by atoms with E-state index in [9.17, 15) is 9.59 Å². The molecule has 0 atom stereocenters. The van der Waals surface area contributed by atoms with Crippen LogP contribution in [0.15, 0.2) is 42.5 Å². The maximum Gasteiger partial charge on any atom is 0.276 e. The van der Waals surface area contributed by atoms with Gasteiger partial charge in [0.1, 0.15) is 0 Å². The molecule has 0 aliphatic carbocycles. The Kier molecular flexibility index (Phi) is 7.90. The molecule has 2 rings (SSSR count). The van der Waals surface area contributed by atoms with Crippen LogP contribution in [0.5, 0.6) is 23.0 Å². The molecule has 8 nitrogen and oxygen atoms in total. The summed E-state index contributed by atoms with van der Waals surface area (Å²) < 4.78 is 21.0. The van der Waals surface area contributed by atoms with Crippen LogP contribution >= 0.6 is 0 Å². The summed E-state index contributed by atoms with van der Waals surface area (Å²) in [4.78, 5) is 24.2. The van der Waals surface area contributed by atoms with Crippen LogP contribution in [0.1, 0.15) is 22.8 Å². The number of hydrogen-bond donors (Lipinski definition) is 2. The third-order valence-corrected chi connectivity index (χ3v) is 3.87. The maximum atomic E-state index is 12.2. The van der Waals surface area contributed by atoms with Crippen molar-refractivity contribution < 1.29 is 28.5 Å². The van der Waals surface area contributed by atoms with Crippen molar-refractivity contribution in [3.63, 3.8) is 0 Å². The number of hydrogen-bond acceptors (Lipinski definition) is 6. The minimum absolute atomic E-state index is 0.296. The Balaban J connectivity index is 1.91. The lowest BCUT2D eigenvalue weighted by Crippen LogP contribution is -2.43. The molecule has 2 aromatic carbocycles. The molecule has 0 aliphatic heterocycles. The molecule has 8 heteroatoms. The van der Waals surface area contributed by atoms with Crippen molar-refractivity contribution in [3.8, 4) is 23.0 Å². The topological polar surface area (TPSA) is 95.1 Å². The number of allylic oxidation sites excluding steroid dienone is 1. The summed E-state index contributed by atoms with van der Waals surface area (Å²) in [5, 5.41) is 0. The lowest BCUT2D eigenvalue weighted by atomic mass is 10.2. The van der Waals surface area contributed by atoms with E-state index in [0.29, 0.717) is 28.6 Å². The molecule has 0 saturated heterocycles. The first kappa shape index (κ1) is 21.6. The molecule has 0 fully saturated rings. The molecule has 0 radical (unpaired) electrons. The molecule has 29 heavy (non-hydrogen) atoms. The number of hydrazine groups is 1. The van der Waals surface area contributed by atoms with Crippen LogP contribution in [0.3, 0.4) is 0 Å². The van der Waals surface area contributed by atoms with E-state index in [4.69, 9.17) is 18.9 Å². The third kappa shape index (κ3) is 5.90. The van der Waals surface area contributed by atoms with Gasteiger partial charge in [0.2, 0.25) is 0 Å². The predicted octanol–water partition coefficient (Wildman–Crippen LogP) is 2.59. The Morgan fingerprint density at radius 3 is 2.17 bits per heavy atom. The number of methoxy groups -OCH3 is 3. The summed E-state index contributed by atoms with van der Waals surface area (Å²) >= 11 is 0. The van der Waals surface area contributed by atoms with Gasteiger partial charge in [-0.05, 0) is 42.8 Å². The van der Waals surface area contributed by atoms with Crippen LogP contribution in [-0.2, 0) is 4.79 Å². The van der Waals surface area contributed by atoms with Gasteiger partial charge in [0.25, 0.3) is 11.8 Å². The van der Waals surface area contributed by atoms with Crippen LogP contribution in [0.4, 0.5) is 0 Å². The van der Waals surface area contributed by atoms with Gasteiger partial charge in [-0.1, -0.05) is 18.2 Å². The third-order valence-electron chi connectivity index (χ3n) is 3.87. The molecular weight excluding hydrogens is 376 g/mol. The average Bonchev–Trinajstić information content (AvgIpc) is 2.75. The molecule has 0 aliphatic rings. The number of carbonyl (C=O) groups excluding carboxylic acids is 2. The van der Waals surface area contributed by atoms with Crippen molar-refractivity contribution in [2.45, 2.75) is 6.92 Å². The van der Waals surface area contributed by atoms with Crippen LogP contribution in [0.25, 0.3) is 6.08 Å².